The number of pyridine rings is 1. The predicted octanol–water partition coefficient (Wildman–Crippen LogP) is 5.52. The quantitative estimate of drug-likeness (QED) is 0.476. The first-order chi connectivity index (χ1) is 16.2. The van der Waals surface area contributed by atoms with E-state index < -0.39 is 18.8 Å². The number of carbonyl (C=O) groups is 1. The molecule has 3 aromatic rings. The Morgan fingerprint density at radius 3 is 2.76 bits per heavy atom. The third-order valence-corrected chi connectivity index (χ3v) is 6.05. The van der Waals surface area contributed by atoms with E-state index >= 15 is 0 Å². The maximum Gasteiger partial charge on any atom is 0.422 e. The number of fused-ring (bicyclic) bond motifs is 1. The maximum atomic E-state index is 12.4. The molecule has 1 atom stereocenters. The standard InChI is InChI=1S/C26H25F3N2O3/c1-16-12-20(34-15-26(27,28)29)4-6-21(16)17-2-5-22-18(13-17)8-11-31-24(22)7-3-19-14-30-10-9-23(19)25(32)33/h2,4-6,9-10,12-14,24,31H,3,7-8,11,15H2,1H3,(H,32,33)/t24-/m1/s1. The van der Waals surface area contributed by atoms with Crippen molar-refractivity contribution >= 4 is 5.97 Å². The molecule has 0 amide bonds. The molecular weight excluding hydrogens is 445 g/mol. The van der Waals surface area contributed by atoms with Crippen molar-refractivity contribution in [2.75, 3.05) is 13.2 Å². The monoisotopic (exact) mass is 470 g/mol. The number of aromatic nitrogens is 1. The number of halogens is 3. The molecule has 0 aliphatic carbocycles. The minimum Gasteiger partial charge on any atom is -0.484 e. The molecule has 2 aromatic carbocycles. The number of aromatic carboxylic acids is 1. The number of carboxylic acids is 1. The van der Waals surface area contributed by atoms with Crippen LogP contribution < -0.4 is 10.1 Å². The number of aryl methyl sites for hydroxylation is 2. The molecule has 0 fully saturated rings. The number of hydrogen-bond donors (Lipinski definition) is 2. The predicted molar refractivity (Wildman–Crippen MR) is 122 cm³/mol. The smallest absolute Gasteiger partial charge is 0.422 e. The van der Waals surface area contributed by atoms with Gasteiger partial charge in [-0.3, -0.25) is 4.98 Å². The first-order valence-electron chi connectivity index (χ1n) is 11.0. The summed E-state index contributed by atoms with van der Waals surface area (Å²) in [5.74, 6) is -0.763. The van der Waals surface area contributed by atoms with Crippen LogP contribution in [-0.4, -0.2) is 35.4 Å². The Balaban J connectivity index is 1.51. The lowest BCUT2D eigenvalue weighted by Gasteiger charge is -2.28. The van der Waals surface area contributed by atoms with Crippen LogP contribution in [0.1, 0.15) is 45.1 Å². The number of nitrogens with one attached hydrogen (secondary N) is 1. The maximum absolute atomic E-state index is 12.4. The Bertz CT molecular complexity index is 1190. The summed E-state index contributed by atoms with van der Waals surface area (Å²) in [6, 6.07) is 12.8. The number of nitrogens with zero attached hydrogens (tertiary/aromatic N) is 1. The summed E-state index contributed by atoms with van der Waals surface area (Å²) in [5, 5.41) is 12.9. The second-order valence-corrected chi connectivity index (χ2v) is 8.43. The van der Waals surface area contributed by atoms with E-state index in [1.807, 2.05) is 13.0 Å². The highest BCUT2D eigenvalue weighted by molar-refractivity contribution is 5.89. The topological polar surface area (TPSA) is 71.5 Å². The zero-order valence-corrected chi connectivity index (χ0v) is 18.7. The third-order valence-electron chi connectivity index (χ3n) is 6.05. The second-order valence-electron chi connectivity index (χ2n) is 8.43. The molecule has 2 N–H and O–H groups in total. The summed E-state index contributed by atoms with van der Waals surface area (Å²) in [6.07, 6.45) is 0.914. The highest BCUT2D eigenvalue weighted by Crippen LogP contribution is 2.33. The van der Waals surface area contributed by atoms with Crippen molar-refractivity contribution in [1.29, 1.82) is 0 Å². The lowest BCUT2D eigenvalue weighted by atomic mass is 9.87. The zero-order valence-electron chi connectivity index (χ0n) is 18.7. The van der Waals surface area contributed by atoms with Gasteiger partial charge in [0.1, 0.15) is 5.75 Å². The van der Waals surface area contributed by atoms with Crippen LogP contribution in [0.5, 0.6) is 5.75 Å². The zero-order chi connectivity index (χ0) is 24.3. The second kappa shape index (κ2) is 9.85. The molecule has 0 radical (unpaired) electrons. The van der Waals surface area contributed by atoms with Gasteiger partial charge in [-0.15, -0.1) is 0 Å². The number of ether oxygens (including phenoxy) is 1. The molecule has 1 aliphatic rings. The number of alkyl halides is 3. The molecule has 2 heterocycles. The molecule has 5 nitrogen and oxygen atoms in total. The summed E-state index contributed by atoms with van der Waals surface area (Å²) in [5.41, 5.74) is 6.16. The number of benzene rings is 2. The van der Waals surface area contributed by atoms with Gasteiger partial charge in [-0.25, -0.2) is 4.79 Å². The van der Waals surface area contributed by atoms with Crippen molar-refractivity contribution in [2.45, 2.75) is 38.4 Å². The lowest BCUT2D eigenvalue weighted by Crippen LogP contribution is -2.30. The number of hydrogen-bond acceptors (Lipinski definition) is 4. The van der Waals surface area contributed by atoms with E-state index in [-0.39, 0.29) is 17.4 Å². The molecule has 0 bridgehead atoms. The Morgan fingerprint density at radius 1 is 1.21 bits per heavy atom. The van der Waals surface area contributed by atoms with Gasteiger partial charge in [0.25, 0.3) is 0 Å². The van der Waals surface area contributed by atoms with E-state index in [4.69, 9.17) is 4.74 Å². The first-order valence-corrected chi connectivity index (χ1v) is 11.0. The third kappa shape index (κ3) is 5.56. The SMILES string of the molecule is Cc1cc(OCC(F)(F)F)ccc1-c1ccc2c(c1)CCN[C@@H]2CCc1cnccc1C(=O)O. The molecule has 0 saturated carbocycles. The van der Waals surface area contributed by atoms with Crippen molar-refractivity contribution in [2.24, 2.45) is 0 Å². The van der Waals surface area contributed by atoms with Crippen molar-refractivity contribution in [1.82, 2.24) is 10.3 Å². The van der Waals surface area contributed by atoms with Gasteiger partial charge in [-0.1, -0.05) is 24.3 Å². The van der Waals surface area contributed by atoms with E-state index in [9.17, 15) is 23.1 Å². The Hall–Kier alpha value is -3.39. The summed E-state index contributed by atoms with van der Waals surface area (Å²) in [7, 11) is 0. The highest BCUT2D eigenvalue weighted by atomic mass is 19.4. The molecule has 0 spiro atoms. The van der Waals surface area contributed by atoms with Gasteiger partial charge in [-0.2, -0.15) is 13.2 Å². The summed E-state index contributed by atoms with van der Waals surface area (Å²) in [4.78, 5) is 15.5. The van der Waals surface area contributed by atoms with Crippen molar-refractivity contribution in [3.8, 4) is 16.9 Å². The first kappa shape index (κ1) is 23.8. The van der Waals surface area contributed by atoms with Crippen LogP contribution in [0.2, 0.25) is 0 Å². The summed E-state index contributed by atoms with van der Waals surface area (Å²) in [6.45, 7) is 1.35. The minimum absolute atomic E-state index is 0.0962. The van der Waals surface area contributed by atoms with Crippen molar-refractivity contribution in [3.63, 3.8) is 0 Å². The van der Waals surface area contributed by atoms with E-state index in [2.05, 4.69) is 22.4 Å². The molecule has 4 rings (SSSR count). The van der Waals surface area contributed by atoms with Crippen LogP contribution in [-0.2, 0) is 12.8 Å². The average molecular weight is 470 g/mol. The van der Waals surface area contributed by atoms with Gasteiger partial charge in [0.05, 0.1) is 5.56 Å². The van der Waals surface area contributed by atoms with E-state index in [0.717, 1.165) is 36.1 Å². The number of rotatable bonds is 7. The van der Waals surface area contributed by atoms with Crippen LogP contribution in [0.15, 0.2) is 54.9 Å². The normalized spacial score (nSPS) is 15.6. The Labute approximate surface area is 195 Å². The van der Waals surface area contributed by atoms with Crippen LogP contribution >= 0.6 is 0 Å². The van der Waals surface area contributed by atoms with Gasteiger partial charge >= 0.3 is 12.1 Å². The van der Waals surface area contributed by atoms with Gasteiger partial charge in [-0.05, 0) is 84.3 Å². The largest absolute Gasteiger partial charge is 0.484 e. The molecule has 8 heteroatoms. The fraction of sp³-hybridized carbons (Fsp3) is 0.308. The van der Waals surface area contributed by atoms with Gasteiger partial charge in [0, 0.05) is 18.4 Å². The van der Waals surface area contributed by atoms with Crippen LogP contribution in [0.4, 0.5) is 13.2 Å². The minimum atomic E-state index is -4.37. The van der Waals surface area contributed by atoms with Gasteiger partial charge in [0.15, 0.2) is 6.61 Å². The highest BCUT2D eigenvalue weighted by Gasteiger charge is 2.28. The van der Waals surface area contributed by atoms with Crippen LogP contribution in [0, 0.1) is 6.92 Å². The molecule has 0 saturated heterocycles. The van der Waals surface area contributed by atoms with Crippen LogP contribution in [0.3, 0.4) is 0 Å². The molecule has 178 valence electrons. The summed E-state index contributed by atoms with van der Waals surface area (Å²) < 4.78 is 42.1. The van der Waals surface area contributed by atoms with Gasteiger partial charge < -0.3 is 15.2 Å². The Kier molecular flexibility index (Phi) is 6.88. The van der Waals surface area contributed by atoms with Crippen molar-refractivity contribution in [3.05, 3.63) is 82.7 Å². The summed E-state index contributed by atoms with van der Waals surface area (Å²) >= 11 is 0. The number of carboxylic acid groups (broad SMARTS) is 1. The fourth-order valence-corrected chi connectivity index (χ4v) is 4.43. The average Bonchev–Trinajstić information content (AvgIpc) is 2.80. The van der Waals surface area contributed by atoms with E-state index in [1.165, 1.54) is 23.4 Å². The fourth-order valence-electron chi connectivity index (χ4n) is 4.43. The molecule has 34 heavy (non-hydrogen) atoms. The molecular formula is C26H25F3N2O3. The molecule has 0 unspecified atom stereocenters. The molecule has 1 aromatic heterocycles. The lowest BCUT2D eigenvalue weighted by molar-refractivity contribution is -0.153. The van der Waals surface area contributed by atoms with Crippen molar-refractivity contribution < 1.29 is 27.8 Å². The molecule has 1 aliphatic heterocycles. The van der Waals surface area contributed by atoms with Crippen LogP contribution in [0.25, 0.3) is 11.1 Å². The Morgan fingerprint density at radius 2 is 2.03 bits per heavy atom. The van der Waals surface area contributed by atoms with E-state index in [1.54, 1.807) is 24.4 Å². The van der Waals surface area contributed by atoms with E-state index in [0.29, 0.717) is 12.0 Å². The van der Waals surface area contributed by atoms with Gasteiger partial charge in [0.2, 0.25) is 0 Å².